The minimum atomic E-state index is 0.435. The monoisotopic (exact) mass is 381 g/mol. The van der Waals surface area contributed by atoms with E-state index in [1.807, 2.05) is 12.1 Å². The molecule has 29 heavy (non-hydrogen) atoms. The first-order chi connectivity index (χ1) is 14.3. The summed E-state index contributed by atoms with van der Waals surface area (Å²) in [6.07, 6.45) is 3.43. The van der Waals surface area contributed by atoms with Crippen LogP contribution in [0.3, 0.4) is 0 Å². The second kappa shape index (κ2) is 8.67. The van der Waals surface area contributed by atoms with Crippen molar-refractivity contribution >= 4 is 17.1 Å². The van der Waals surface area contributed by atoms with Crippen LogP contribution in [0, 0.1) is 6.92 Å². The fraction of sp³-hybridized carbons (Fsp3) is 0.120. The van der Waals surface area contributed by atoms with Gasteiger partial charge in [0.15, 0.2) is 0 Å². The molecule has 0 spiro atoms. The Morgan fingerprint density at radius 2 is 1.38 bits per heavy atom. The van der Waals surface area contributed by atoms with Crippen LogP contribution in [0.15, 0.2) is 91.3 Å². The summed E-state index contributed by atoms with van der Waals surface area (Å²) < 4.78 is 5.30. The molecule has 0 fully saturated rings. The first kappa shape index (κ1) is 18.8. The van der Waals surface area contributed by atoms with Gasteiger partial charge in [-0.25, -0.2) is 0 Å². The Morgan fingerprint density at radius 3 is 1.97 bits per heavy atom. The molecule has 0 aliphatic rings. The molecule has 0 saturated carbocycles. The van der Waals surface area contributed by atoms with Crippen LogP contribution < -0.4 is 4.90 Å². The van der Waals surface area contributed by atoms with E-state index in [9.17, 15) is 0 Å². The van der Waals surface area contributed by atoms with Crippen molar-refractivity contribution in [1.29, 1.82) is 0 Å². The van der Waals surface area contributed by atoms with Gasteiger partial charge >= 0.3 is 0 Å². The third kappa shape index (κ3) is 4.03. The van der Waals surface area contributed by atoms with E-state index >= 15 is 0 Å². The van der Waals surface area contributed by atoms with Gasteiger partial charge in [-0.3, -0.25) is 9.97 Å². The lowest BCUT2D eigenvalue weighted by Gasteiger charge is -2.26. The van der Waals surface area contributed by atoms with Crippen molar-refractivity contribution in [2.24, 2.45) is 0 Å². The van der Waals surface area contributed by atoms with Gasteiger partial charge in [0, 0.05) is 42.1 Å². The number of aromatic nitrogens is 2. The quantitative estimate of drug-likeness (QED) is 0.406. The maximum Gasteiger partial charge on any atom is 0.0944 e. The largest absolute Gasteiger partial charge is 0.378 e. The number of nitrogens with zero attached hydrogens (tertiary/aromatic N) is 3. The highest BCUT2D eigenvalue weighted by atomic mass is 16.5. The first-order valence-electron chi connectivity index (χ1n) is 9.58. The zero-order valence-corrected chi connectivity index (χ0v) is 16.6. The number of hydrogen-bond donors (Lipinski definition) is 0. The van der Waals surface area contributed by atoms with Gasteiger partial charge in [0.1, 0.15) is 0 Å². The Morgan fingerprint density at radius 1 is 0.759 bits per heavy atom. The van der Waals surface area contributed by atoms with Gasteiger partial charge in [-0.15, -0.1) is 0 Å². The average Bonchev–Trinajstić information content (AvgIpc) is 2.77. The Labute approximate surface area is 171 Å². The van der Waals surface area contributed by atoms with Gasteiger partial charge in [0.25, 0.3) is 0 Å². The molecule has 1 aromatic heterocycles. The molecule has 0 bridgehead atoms. The summed E-state index contributed by atoms with van der Waals surface area (Å²) >= 11 is 0. The molecular formula is C25H23N3O. The van der Waals surface area contributed by atoms with Crippen molar-refractivity contribution < 1.29 is 4.74 Å². The van der Waals surface area contributed by atoms with Gasteiger partial charge in [0.2, 0.25) is 0 Å². The van der Waals surface area contributed by atoms with Crippen LogP contribution in [0.2, 0.25) is 0 Å². The molecule has 4 rings (SSSR count). The molecule has 0 aliphatic heterocycles. The van der Waals surface area contributed by atoms with Crippen molar-refractivity contribution in [3.05, 3.63) is 103 Å². The molecule has 4 aromatic rings. The predicted molar refractivity (Wildman–Crippen MR) is 118 cm³/mol. The summed E-state index contributed by atoms with van der Waals surface area (Å²) in [6.45, 7) is 2.54. The van der Waals surface area contributed by atoms with Crippen molar-refractivity contribution in [3.63, 3.8) is 0 Å². The number of ether oxygens (including phenoxy) is 1. The smallest absolute Gasteiger partial charge is 0.0944 e. The molecule has 0 N–H and O–H groups in total. The summed E-state index contributed by atoms with van der Waals surface area (Å²) in [6, 6.07) is 27.2. The SMILES string of the molecule is COCc1nccnc1-c1ccc(N(c2ccccc2)c2ccccc2)cc1C. The molecular weight excluding hydrogens is 358 g/mol. The van der Waals surface area contributed by atoms with E-state index in [4.69, 9.17) is 4.74 Å². The molecule has 0 saturated heterocycles. The van der Waals surface area contributed by atoms with Crippen molar-refractivity contribution in [2.75, 3.05) is 12.0 Å². The summed E-state index contributed by atoms with van der Waals surface area (Å²) in [5, 5.41) is 0. The van der Waals surface area contributed by atoms with Crippen LogP contribution in [0.1, 0.15) is 11.3 Å². The molecule has 0 amide bonds. The highest BCUT2D eigenvalue weighted by Gasteiger charge is 2.15. The number of aryl methyl sites for hydroxylation is 1. The second-order valence-electron chi connectivity index (χ2n) is 6.79. The fourth-order valence-electron chi connectivity index (χ4n) is 3.49. The summed E-state index contributed by atoms with van der Waals surface area (Å²) in [4.78, 5) is 11.3. The number of benzene rings is 3. The van der Waals surface area contributed by atoms with Gasteiger partial charge in [0.05, 0.1) is 18.0 Å². The number of para-hydroxylation sites is 2. The zero-order chi connectivity index (χ0) is 20.1. The number of methoxy groups -OCH3 is 1. The Hall–Kier alpha value is -3.50. The molecule has 4 heteroatoms. The lowest BCUT2D eigenvalue weighted by atomic mass is 10.0. The maximum absolute atomic E-state index is 5.30. The lowest BCUT2D eigenvalue weighted by Crippen LogP contribution is -2.10. The lowest BCUT2D eigenvalue weighted by molar-refractivity contribution is 0.181. The van der Waals surface area contributed by atoms with E-state index in [1.54, 1.807) is 19.5 Å². The predicted octanol–water partition coefficient (Wildman–Crippen LogP) is 6.07. The van der Waals surface area contributed by atoms with Gasteiger partial charge in [-0.1, -0.05) is 42.5 Å². The minimum Gasteiger partial charge on any atom is -0.378 e. The Balaban J connectivity index is 1.80. The average molecular weight is 381 g/mol. The third-order valence-electron chi connectivity index (χ3n) is 4.81. The van der Waals surface area contributed by atoms with Crippen molar-refractivity contribution in [3.8, 4) is 11.3 Å². The van der Waals surface area contributed by atoms with Crippen LogP contribution >= 0.6 is 0 Å². The van der Waals surface area contributed by atoms with E-state index in [-0.39, 0.29) is 0 Å². The van der Waals surface area contributed by atoms with Gasteiger partial charge < -0.3 is 9.64 Å². The summed E-state index contributed by atoms with van der Waals surface area (Å²) in [7, 11) is 1.67. The molecule has 4 nitrogen and oxygen atoms in total. The standard InChI is InChI=1S/C25H23N3O/c1-19-17-22(13-14-23(19)25-24(18-29-2)26-15-16-27-25)28(20-9-5-3-6-10-20)21-11-7-4-8-12-21/h3-17H,18H2,1-2H3. The van der Waals surface area contributed by atoms with Crippen LogP contribution in [-0.2, 0) is 11.3 Å². The normalized spacial score (nSPS) is 10.7. The topological polar surface area (TPSA) is 38.3 Å². The van der Waals surface area contributed by atoms with Crippen LogP contribution in [0.5, 0.6) is 0 Å². The van der Waals surface area contributed by atoms with E-state index in [0.29, 0.717) is 6.61 Å². The van der Waals surface area contributed by atoms with E-state index < -0.39 is 0 Å². The fourth-order valence-corrected chi connectivity index (χ4v) is 3.49. The Kier molecular flexibility index (Phi) is 5.63. The molecule has 0 unspecified atom stereocenters. The molecule has 144 valence electrons. The van der Waals surface area contributed by atoms with Gasteiger partial charge in [-0.05, 0) is 48.9 Å². The Bertz CT molecular complexity index is 1040. The molecule has 0 radical (unpaired) electrons. The second-order valence-corrected chi connectivity index (χ2v) is 6.79. The molecule has 1 heterocycles. The number of anilines is 3. The molecule has 3 aromatic carbocycles. The summed E-state index contributed by atoms with van der Waals surface area (Å²) in [5.74, 6) is 0. The van der Waals surface area contributed by atoms with Crippen LogP contribution in [0.4, 0.5) is 17.1 Å². The minimum absolute atomic E-state index is 0.435. The van der Waals surface area contributed by atoms with E-state index in [0.717, 1.165) is 39.6 Å². The highest BCUT2D eigenvalue weighted by molar-refractivity contribution is 5.79. The molecule has 0 aliphatic carbocycles. The molecule has 0 atom stereocenters. The maximum atomic E-state index is 5.30. The van der Waals surface area contributed by atoms with Crippen LogP contribution in [0.25, 0.3) is 11.3 Å². The zero-order valence-electron chi connectivity index (χ0n) is 16.6. The van der Waals surface area contributed by atoms with Crippen molar-refractivity contribution in [2.45, 2.75) is 13.5 Å². The van der Waals surface area contributed by atoms with E-state index in [2.05, 4.69) is 88.5 Å². The van der Waals surface area contributed by atoms with E-state index in [1.165, 1.54) is 0 Å². The van der Waals surface area contributed by atoms with Crippen molar-refractivity contribution in [1.82, 2.24) is 9.97 Å². The first-order valence-corrected chi connectivity index (χ1v) is 9.58. The number of hydrogen-bond acceptors (Lipinski definition) is 4. The number of rotatable bonds is 6. The highest BCUT2D eigenvalue weighted by Crippen LogP contribution is 2.36. The summed E-state index contributed by atoms with van der Waals surface area (Å²) in [5.41, 5.74) is 7.24. The van der Waals surface area contributed by atoms with Crippen LogP contribution in [-0.4, -0.2) is 17.1 Å². The third-order valence-corrected chi connectivity index (χ3v) is 4.81. The van der Waals surface area contributed by atoms with Gasteiger partial charge in [-0.2, -0.15) is 0 Å².